The molecule has 15 heavy (non-hydrogen) atoms. The lowest BCUT2D eigenvalue weighted by molar-refractivity contribution is 0.0939. The molecule has 0 fully saturated rings. The van der Waals surface area contributed by atoms with E-state index in [0.717, 1.165) is 11.0 Å². The summed E-state index contributed by atoms with van der Waals surface area (Å²) in [6.07, 6.45) is 3.34. The standard InChI is InChI=1S/C11H13N3O/c1-7(2)10(15)8-4-9-6-13-14(3)11(9)12-5-8/h4-7H,1-3H3. The van der Waals surface area contributed by atoms with Crippen molar-refractivity contribution in [3.63, 3.8) is 0 Å². The van der Waals surface area contributed by atoms with Crippen molar-refractivity contribution in [1.82, 2.24) is 14.8 Å². The van der Waals surface area contributed by atoms with Crippen molar-refractivity contribution in [3.05, 3.63) is 24.0 Å². The van der Waals surface area contributed by atoms with E-state index in [0.29, 0.717) is 5.56 Å². The second-order valence-electron chi connectivity index (χ2n) is 3.92. The van der Waals surface area contributed by atoms with Gasteiger partial charge in [0.05, 0.1) is 6.20 Å². The van der Waals surface area contributed by atoms with Crippen LogP contribution in [0.4, 0.5) is 0 Å². The second kappa shape index (κ2) is 3.46. The molecule has 4 nitrogen and oxygen atoms in total. The summed E-state index contributed by atoms with van der Waals surface area (Å²) >= 11 is 0. The molecule has 0 saturated carbocycles. The van der Waals surface area contributed by atoms with Crippen LogP contribution in [-0.2, 0) is 7.05 Å². The van der Waals surface area contributed by atoms with Gasteiger partial charge in [-0.25, -0.2) is 4.98 Å². The normalized spacial score (nSPS) is 11.2. The molecular formula is C11H13N3O. The van der Waals surface area contributed by atoms with Crippen LogP contribution in [0.2, 0.25) is 0 Å². The Morgan fingerprint density at radius 3 is 2.80 bits per heavy atom. The zero-order valence-electron chi connectivity index (χ0n) is 9.06. The topological polar surface area (TPSA) is 47.8 Å². The highest BCUT2D eigenvalue weighted by molar-refractivity contribution is 5.99. The Labute approximate surface area is 87.9 Å². The molecule has 0 aliphatic carbocycles. The molecule has 0 amide bonds. The quantitative estimate of drug-likeness (QED) is 0.699. The van der Waals surface area contributed by atoms with Gasteiger partial charge in [0, 0.05) is 30.1 Å². The minimum atomic E-state index is 0.000853. The van der Waals surface area contributed by atoms with E-state index in [1.165, 1.54) is 0 Å². The molecule has 0 N–H and O–H groups in total. The third-order valence-electron chi connectivity index (χ3n) is 2.38. The van der Waals surface area contributed by atoms with Crippen molar-refractivity contribution in [1.29, 1.82) is 0 Å². The molecule has 2 heterocycles. The van der Waals surface area contributed by atoms with Crippen LogP contribution in [0.25, 0.3) is 11.0 Å². The molecular weight excluding hydrogens is 190 g/mol. The maximum atomic E-state index is 11.7. The molecule has 0 saturated heterocycles. The van der Waals surface area contributed by atoms with Crippen LogP contribution in [0.15, 0.2) is 18.5 Å². The Kier molecular flexibility index (Phi) is 2.26. The average Bonchev–Trinajstić information content (AvgIpc) is 2.59. The zero-order chi connectivity index (χ0) is 11.0. The van der Waals surface area contributed by atoms with Gasteiger partial charge < -0.3 is 0 Å². The summed E-state index contributed by atoms with van der Waals surface area (Å²) in [7, 11) is 1.83. The van der Waals surface area contributed by atoms with Crippen molar-refractivity contribution < 1.29 is 4.79 Å². The zero-order valence-corrected chi connectivity index (χ0v) is 9.06. The SMILES string of the molecule is CC(C)C(=O)c1cnc2c(cnn2C)c1. The van der Waals surface area contributed by atoms with Crippen molar-refractivity contribution in [2.45, 2.75) is 13.8 Å². The molecule has 2 aromatic heterocycles. The average molecular weight is 203 g/mol. The fourth-order valence-electron chi connectivity index (χ4n) is 1.51. The fourth-order valence-corrected chi connectivity index (χ4v) is 1.51. The number of aryl methyl sites for hydroxylation is 1. The van der Waals surface area contributed by atoms with E-state index in [2.05, 4.69) is 10.1 Å². The molecule has 0 aliphatic rings. The van der Waals surface area contributed by atoms with E-state index in [1.807, 2.05) is 27.0 Å². The van der Waals surface area contributed by atoms with E-state index in [1.54, 1.807) is 17.1 Å². The van der Waals surface area contributed by atoms with E-state index in [-0.39, 0.29) is 11.7 Å². The number of pyridine rings is 1. The number of hydrogen-bond donors (Lipinski definition) is 0. The summed E-state index contributed by atoms with van der Waals surface area (Å²) < 4.78 is 1.69. The summed E-state index contributed by atoms with van der Waals surface area (Å²) in [5.74, 6) is 0.120. The predicted molar refractivity (Wildman–Crippen MR) is 57.7 cm³/mol. The molecule has 0 unspecified atom stereocenters. The lowest BCUT2D eigenvalue weighted by atomic mass is 10.0. The van der Waals surface area contributed by atoms with Crippen LogP contribution in [0.1, 0.15) is 24.2 Å². The van der Waals surface area contributed by atoms with Crippen LogP contribution in [0.3, 0.4) is 0 Å². The summed E-state index contributed by atoms with van der Waals surface area (Å²) in [6, 6.07) is 1.84. The Balaban J connectivity index is 2.52. The number of aromatic nitrogens is 3. The van der Waals surface area contributed by atoms with Gasteiger partial charge in [-0.15, -0.1) is 0 Å². The maximum Gasteiger partial charge on any atom is 0.166 e. The van der Waals surface area contributed by atoms with Crippen LogP contribution in [0, 0.1) is 5.92 Å². The summed E-state index contributed by atoms with van der Waals surface area (Å²) in [4.78, 5) is 16.0. The second-order valence-corrected chi connectivity index (χ2v) is 3.92. The highest BCUT2D eigenvalue weighted by Gasteiger charge is 2.12. The van der Waals surface area contributed by atoms with E-state index >= 15 is 0 Å². The van der Waals surface area contributed by atoms with E-state index in [4.69, 9.17) is 0 Å². The van der Waals surface area contributed by atoms with Crippen LogP contribution in [0.5, 0.6) is 0 Å². The third kappa shape index (κ3) is 1.63. The molecule has 0 aromatic carbocycles. The lowest BCUT2D eigenvalue weighted by Crippen LogP contribution is -2.07. The van der Waals surface area contributed by atoms with Gasteiger partial charge in [-0.05, 0) is 6.07 Å². The lowest BCUT2D eigenvalue weighted by Gasteiger charge is -2.03. The number of carbonyl (C=O) groups excluding carboxylic acids is 1. The fraction of sp³-hybridized carbons (Fsp3) is 0.364. The largest absolute Gasteiger partial charge is 0.294 e. The molecule has 0 radical (unpaired) electrons. The van der Waals surface area contributed by atoms with Crippen molar-refractivity contribution in [2.24, 2.45) is 13.0 Å². The number of Topliss-reactive ketones (excluding diaryl/α,β-unsaturated/α-hetero) is 1. The first-order chi connectivity index (χ1) is 7.09. The van der Waals surface area contributed by atoms with Gasteiger partial charge in [-0.1, -0.05) is 13.8 Å². The molecule has 2 aromatic rings. The molecule has 0 atom stereocenters. The maximum absolute atomic E-state index is 11.7. The Bertz CT molecular complexity index is 514. The van der Waals surface area contributed by atoms with Gasteiger partial charge in [-0.2, -0.15) is 5.10 Å². The van der Waals surface area contributed by atoms with E-state index in [9.17, 15) is 4.79 Å². The smallest absolute Gasteiger partial charge is 0.166 e. The first-order valence-electron chi connectivity index (χ1n) is 4.91. The number of rotatable bonds is 2. The first-order valence-corrected chi connectivity index (χ1v) is 4.91. The monoisotopic (exact) mass is 203 g/mol. The van der Waals surface area contributed by atoms with Gasteiger partial charge >= 0.3 is 0 Å². The van der Waals surface area contributed by atoms with Crippen LogP contribution in [-0.4, -0.2) is 20.5 Å². The van der Waals surface area contributed by atoms with Crippen molar-refractivity contribution in [2.75, 3.05) is 0 Å². The molecule has 0 bridgehead atoms. The van der Waals surface area contributed by atoms with E-state index < -0.39 is 0 Å². The third-order valence-corrected chi connectivity index (χ3v) is 2.38. The highest BCUT2D eigenvalue weighted by atomic mass is 16.1. The molecule has 0 aliphatic heterocycles. The van der Waals surface area contributed by atoms with Gasteiger partial charge in [0.15, 0.2) is 11.4 Å². The Morgan fingerprint density at radius 2 is 2.13 bits per heavy atom. The number of hydrogen-bond acceptors (Lipinski definition) is 3. The van der Waals surface area contributed by atoms with Crippen LogP contribution < -0.4 is 0 Å². The van der Waals surface area contributed by atoms with Gasteiger partial charge in [-0.3, -0.25) is 9.48 Å². The van der Waals surface area contributed by atoms with Gasteiger partial charge in [0.2, 0.25) is 0 Å². The van der Waals surface area contributed by atoms with Crippen molar-refractivity contribution in [3.8, 4) is 0 Å². The summed E-state index contributed by atoms with van der Waals surface area (Å²) in [5.41, 5.74) is 1.46. The minimum Gasteiger partial charge on any atom is -0.294 e. The Morgan fingerprint density at radius 1 is 1.40 bits per heavy atom. The number of nitrogens with zero attached hydrogens (tertiary/aromatic N) is 3. The summed E-state index contributed by atoms with van der Waals surface area (Å²) in [5, 5.41) is 4.99. The molecule has 4 heteroatoms. The van der Waals surface area contributed by atoms with Gasteiger partial charge in [0.25, 0.3) is 0 Å². The first kappa shape index (κ1) is 9.83. The number of fused-ring (bicyclic) bond motifs is 1. The molecule has 2 rings (SSSR count). The minimum absolute atomic E-state index is 0.000853. The predicted octanol–water partition coefficient (Wildman–Crippen LogP) is 1.81. The van der Waals surface area contributed by atoms with Crippen molar-refractivity contribution >= 4 is 16.8 Å². The summed E-state index contributed by atoms with van der Waals surface area (Å²) in [6.45, 7) is 3.77. The molecule has 78 valence electrons. The van der Waals surface area contributed by atoms with Crippen LogP contribution >= 0.6 is 0 Å². The highest BCUT2D eigenvalue weighted by Crippen LogP contribution is 2.14. The Hall–Kier alpha value is -1.71. The molecule has 0 spiro atoms. The number of ketones is 1. The number of carbonyl (C=O) groups is 1. The van der Waals surface area contributed by atoms with Gasteiger partial charge in [0.1, 0.15) is 0 Å².